The fourth-order valence-electron chi connectivity index (χ4n) is 2.47. The Morgan fingerprint density at radius 2 is 2.00 bits per heavy atom. The third kappa shape index (κ3) is 6.69. The van der Waals surface area contributed by atoms with E-state index in [2.05, 4.69) is 10.3 Å². The summed E-state index contributed by atoms with van der Waals surface area (Å²) in [7, 11) is 0. The van der Waals surface area contributed by atoms with Gasteiger partial charge in [-0.1, -0.05) is 24.3 Å². The van der Waals surface area contributed by atoms with Gasteiger partial charge >= 0.3 is 5.97 Å². The monoisotopic (exact) mass is 430 g/mol. The summed E-state index contributed by atoms with van der Waals surface area (Å²) in [4.78, 5) is 28.3. The van der Waals surface area contributed by atoms with Gasteiger partial charge in [0, 0.05) is 22.4 Å². The largest absolute Gasteiger partial charge is 0.455 e. The van der Waals surface area contributed by atoms with Gasteiger partial charge in [0.1, 0.15) is 5.82 Å². The lowest BCUT2D eigenvalue weighted by molar-refractivity contribution is -0.144. The van der Waals surface area contributed by atoms with Crippen LogP contribution in [0, 0.1) is 12.7 Å². The van der Waals surface area contributed by atoms with Crippen molar-refractivity contribution in [3.05, 3.63) is 70.3 Å². The highest BCUT2D eigenvalue weighted by atomic mass is 32.2. The molecular weight excluding hydrogens is 411 g/mol. The number of anilines is 1. The molecular formula is C21H19FN2O3S2. The number of hydrogen-bond acceptors (Lipinski definition) is 6. The van der Waals surface area contributed by atoms with E-state index >= 15 is 0 Å². The lowest BCUT2D eigenvalue weighted by Gasteiger charge is -2.08. The topological polar surface area (TPSA) is 68.3 Å². The van der Waals surface area contributed by atoms with E-state index in [0.717, 1.165) is 21.8 Å². The van der Waals surface area contributed by atoms with Crippen molar-refractivity contribution in [2.45, 2.75) is 12.7 Å². The molecule has 3 aromatic rings. The number of aryl methyl sites for hydroxylation is 1. The van der Waals surface area contributed by atoms with Gasteiger partial charge in [-0.2, -0.15) is 0 Å². The van der Waals surface area contributed by atoms with E-state index in [4.69, 9.17) is 4.74 Å². The lowest BCUT2D eigenvalue weighted by Crippen LogP contribution is -2.21. The molecule has 0 aliphatic carbocycles. The Balaban J connectivity index is 1.41. The summed E-state index contributed by atoms with van der Waals surface area (Å²) >= 11 is 2.90. The van der Waals surface area contributed by atoms with Gasteiger partial charge in [0.2, 0.25) is 0 Å². The van der Waals surface area contributed by atoms with Gasteiger partial charge in [-0.05, 0) is 36.8 Å². The number of esters is 1. The quantitative estimate of drug-likeness (QED) is 0.526. The minimum absolute atomic E-state index is 0.114. The Morgan fingerprint density at radius 1 is 1.21 bits per heavy atom. The summed E-state index contributed by atoms with van der Waals surface area (Å²) in [6.45, 7) is 1.59. The highest BCUT2D eigenvalue weighted by molar-refractivity contribution is 7.99. The number of nitrogens with one attached hydrogen (secondary N) is 1. The Bertz CT molecular complexity index is 990. The van der Waals surface area contributed by atoms with Crippen molar-refractivity contribution in [1.29, 1.82) is 0 Å². The van der Waals surface area contributed by atoms with Crippen LogP contribution in [-0.4, -0.2) is 29.2 Å². The van der Waals surface area contributed by atoms with Crippen molar-refractivity contribution in [2.75, 3.05) is 17.7 Å². The average molecular weight is 431 g/mol. The van der Waals surface area contributed by atoms with Crippen LogP contribution in [0.1, 0.15) is 10.6 Å². The zero-order valence-electron chi connectivity index (χ0n) is 15.7. The summed E-state index contributed by atoms with van der Waals surface area (Å²) < 4.78 is 17.9. The molecule has 1 heterocycles. The molecule has 0 aliphatic heterocycles. The molecule has 0 saturated carbocycles. The van der Waals surface area contributed by atoms with E-state index in [1.165, 1.54) is 23.9 Å². The first-order valence-electron chi connectivity index (χ1n) is 8.80. The molecule has 0 saturated heterocycles. The maximum absolute atomic E-state index is 12.9. The minimum Gasteiger partial charge on any atom is -0.455 e. The maximum atomic E-state index is 12.9. The number of halogens is 1. The number of ether oxygens (including phenoxy) is 1. The van der Waals surface area contributed by atoms with Crippen LogP contribution in [0.15, 0.2) is 53.9 Å². The van der Waals surface area contributed by atoms with Crippen molar-refractivity contribution >= 4 is 40.7 Å². The van der Waals surface area contributed by atoms with E-state index in [1.54, 1.807) is 29.5 Å². The number of amides is 1. The van der Waals surface area contributed by atoms with E-state index in [1.807, 2.05) is 30.5 Å². The first kappa shape index (κ1) is 21.0. The van der Waals surface area contributed by atoms with Gasteiger partial charge in [-0.3, -0.25) is 9.59 Å². The second-order valence-corrected chi connectivity index (χ2v) is 8.21. The average Bonchev–Trinajstić information content (AvgIpc) is 3.15. The van der Waals surface area contributed by atoms with Crippen molar-refractivity contribution in [3.63, 3.8) is 0 Å². The van der Waals surface area contributed by atoms with Crippen LogP contribution in [-0.2, 0) is 20.1 Å². The summed E-state index contributed by atoms with van der Waals surface area (Å²) in [5.41, 5.74) is 3.28. The Kier molecular flexibility index (Phi) is 7.37. The van der Waals surface area contributed by atoms with E-state index in [0.29, 0.717) is 11.4 Å². The molecule has 2 aromatic carbocycles. The van der Waals surface area contributed by atoms with E-state index in [9.17, 15) is 14.0 Å². The number of carbonyl (C=O) groups is 2. The minimum atomic E-state index is -0.473. The summed E-state index contributed by atoms with van der Waals surface area (Å²) in [5, 5.41) is 5.65. The molecule has 0 unspecified atom stereocenters. The normalized spacial score (nSPS) is 10.6. The zero-order chi connectivity index (χ0) is 20.6. The second-order valence-electron chi connectivity index (χ2n) is 6.16. The van der Waals surface area contributed by atoms with Crippen LogP contribution < -0.4 is 5.32 Å². The molecule has 0 atom stereocenters. The molecule has 150 valence electrons. The highest BCUT2D eigenvalue weighted by Crippen LogP contribution is 2.24. The molecule has 0 aliphatic rings. The maximum Gasteiger partial charge on any atom is 0.316 e. The predicted octanol–water partition coefficient (Wildman–Crippen LogP) is 4.67. The van der Waals surface area contributed by atoms with Gasteiger partial charge in [-0.25, -0.2) is 9.37 Å². The molecule has 29 heavy (non-hydrogen) atoms. The molecule has 8 heteroatoms. The SMILES string of the molecule is Cc1nc(-c2cccc(NC(=O)COC(=O)CSCc3ccc(F)cc3)c2)cs1. The summed E-state index contributed by atoms with van der Waals surface area (Å²) in [5.74, 6) is -0.503. The molecule has 3 rings (SSSR count). The van der Waals surface area contributed by atoms with Crippen molar-refractivity contribution in [2.24, 2.45) is 0 Å². The first-order valence-corrected chi connectivity index (χ1v) is 10.8. The third-order valence-corrected chi connectivity index (χ3v) is 5.58. The number of thioether (sulfide) groups is 1. The summed E-state index contributed by atoms with van der Waals surface area (Å²) in [6, 6.07) is 13.4. The van der Waals surface area contributed by atoms with Crippen LogP contribution >= 0.6 is 23.1 Å². The van der Waals surface area contributed by atoms with E-state index in [-0.39, 0.29) is 18.2 Å². The van der Waals surface area contributed by atoms with Crippen LogP contribution in [0.25, 0.3) is 11.3 Å². The van der Waals surface area contributed by atoms with Crippen molar-refractivity contribution < 1.29 is 18.7 Å². The van der Waals surface area contributed by atoms with Crippen LogP contribution in [0.2, 0.25) is 0 Å². The predicted molar refractivity (Wildman–Crippen MR) is 114 cm³/mol. The standard InChI is InChI=1S/C21H19FN2O3S2/c1-14-23-19(12-29-14)16-3-2-4-18(9-16)24-20(25)10-27-21(26)13-28-11-15-5-7-17(22)8-6-15/h2-9,12H,10-11,13H2,1H3,(H,24,25). The fraction of sp³-hybridized carbons (Fsp3) is 0.190. The van der Waals surface area contributed by atoms with Gasteiger partial charge in [-0.15, -0.1) is 23.1 Å². The van der Waals surface area contributed by atoms with Crippen LogP contribution in [0.5, 0.6) is 0 Å². The van der Waals surface area contributed by atoms with E-state index < -0.39 is 11.9 Å². The molecule has 1 amide bonds. The van der Waals surface area contributed by atoms with Gasteiger partial charge in [0.15, 0.2) is 6.61 Å². The highest BCUT2D eigenvalue weighted by Gasteiger charge is 2.10. The molecule has 0 radical (unpaired) electrons. The molecule has 1 aromatic heterocycles. The third-order valence-electron chi connectivity index (χ3n) is 3.83. The first-order chi connectivity index (χ1) is 14.0. The van der Waals surface area contributed by atoms with Crippen molar-refractivity contribution in [3.8, 4) is 11.3 Å². The van der Waals surface area contributed by atoms with Gasteiger partial charge in [0.05, 0.1) is 16.5 Å². The lowest BCUT2D eigenvalue weighted by atomic mass is 10.1. The smallest absolute Gasteiger partial charge is 0.316 e. The Morgan fingerprint density at radius 3 is 2.72 bits per heavy atom. The number of carbonyl (C=O) groups excluding carboxylic acids is 2. The number of hydrogen-bond donors (Lipinski definition) is 1. The zero-order valence-corrected chi connectivity index (χ0v) is 17.3. The molecule has 0 bridgehead atoms. The van der Waals surface area contributed by atoms with Crippen molar-refractivity contribution in [1.82, 2.24) is 4.98 Å². The number of thiazole rings is 1. The Labute approximate surface area is 176 Å². The van der Waals surface area contributed by atoms with Crippen LogP contribution in [0.3, 0.4) is 0 Å². The molecule has 0 fully saturated rings. The Hall–Kier alpha value is -2.71. The molecule has 1 N–H and O–H groups in total. The molecule has 0 spiro atoms. The number of nitrogens with zero attached hydrogens (tertiary/aromatic N) is 1. The number of rotatable bonds is 8. The fourth-order valence-corrected chi connectivity index (χ4v) is 3.87. The van der Waals surface area contributed by atoms with Gasteiger partial charge in [0.25, 0.3) is 5.91 Å². The summed E-state index contributed by atoms with van der Waals surface area (Å²) in [6.07, 6.45) is 0. The number of benzene rings is 2. The van der Waals surface area contributed by atoms with Crippen LogP contribution in [0.4, 0.5) is 10.1 Å². The molecule has 5 nitrogen and oxygen atoms in total. The second kappa shape index (κ2) is 10.2. The van der Waals surface area contributed by atoms with Gasteiger partial charge < -0.3 is 10.1 Å². The number of aromatic nitrogens is 1.